The highest BCUT2D eigenvalue weighted by Gasteiger charge is 2.21. The van der Waals surface area contributed by atoms with E-state index in [-0.39, 0.29) is 5.56 Å². The van der Waals surface area contributed by atoms with E-state index in [4.69, 9.17) is 5.73 Å². The number of nitrogens with two attached hydrogens (primary N) is 1. The van der Waals surface area contributed by atoms with Gasteiger partial charge in [0.25, 0.3) is 0 Å². The molecule has 1 rings (SSSR count). The predicted octanol–water partition coefficient (Wildman–Crippen LogP) is 2.26. The molecule has 0 saturated carbocycles. The van der Waals surface area contributed by atoms with Crippen molar-refractivity contribution in [3.63, 3.8) is 0 Å². The molecule has 0 bridgehead atoms. The van der Waals surface area contributed by atoms with Crippen molar-refractivity contribution >= 4 is 0 Å². The van der Waals surface area contributed by atoms with E-state index in [9.17, 15) is 18.3 Å². The molecule has 0 aliphatic rings. The molecule has 16 heavy (non-hydrogen) atoms. The lowest BCUT2D eigenvalue weighted by atomic mass is 9.98. The highest BCUT2D eigenvalue weighted by atomic mass is 19.2. The summed E-state index contributed by atoms with van der Waals surface area (Å²) in [6.07, 6.45) is 0.0732. The zero-order valence-electron chi connectivity index (χ0n) is 8.88. The summed E-state index contributed by atoms with van der Waals surface area (Å²) in [5.74, 6) is -3.38. The summed E-state index contributed by atoms with van der Waals surface area (Å²) in [6, 6.07) is 0.0762. The molecule has 0 aliphatic heterocycles. The molecule has 0 radical (unpaired) electrons. The molecule has 0 aromatic heterocycles. The lowest BCUT2D eigenvalue weighted by molar-refractivity contribution is 0.132. The van der Waals surface area contributed by atoms with Crippen LogP contribution in [-0.2, 0) is 0 Å². The summed E-state index contributed by atoms with van der Waals surface area (Å²) in [6.45, 7) is 1.83. The number of halogens is 3. The first-order chi connectivity index (χ1) is 7.47. The third-order valence-electron chi connectivity index (χ3n) is 2.40. The van der Waals surface area contributed by atoms with Gasteiger partial charge in [0.05, 0.1) is 12.1 Å². The monoisotopic (exact) mass is 233 g/mol. The highest BCUT2D eigenvalue weighted by Crippen LogP contribution is 2.22. The molecule has 90 valence electrons. The van der Waals surface area contributed by atoms with E-state index < -0.39 is 29.6 Å². The largest absolute Gasteiger partial charge is 0.391 e. The van der Waals surface area contributed by atoms with Gasteiger partial charge in [-0.1, -0.05) is 13.3 Å². The number of rotatable bonds is 4. The zero-order chi connectivity index (χ0) is 12.3. The summed E-state index contributed by atoms with van der Waals surface area (Å²) in [4.78, 5) is 0. The molecule has 1 aromatic carbocycles. The van der Waals surface area contributed by atoms with Crippen LogP contribution in [0, 0.1) is 17.5 Å². The smallest absolute Gasteiger partial charge is 0.161 e. The van der Waals surface area contributed by atoms with Gasteiger partial charge in [0.1, 0.15) is 5.82 Å². The van der Waals surface area contributed by atoms with Crippen molar-refractivity contribution in [3.05, 3.63) is 35.1 Å². The molecule has 0 unspecified atom stereocenters. The molecule has 0 amide bonds. The molecule has 5 heteroatoms. The minimum absolute atomic E-state index is 0.208. The number of aliphatic hydroxyl groups excluding tert-OH is 1. The summed E-state index contributed by atoms with van der Waals surface area (Å²) < 4.78 is 38.8. The van der Waals surface area contributed by atoms with Crippen LogP contribution in [0.5, 0.6) is 0 Å². The van der Waals surface area contributed by atoms with Gasteiger partial charge in [-0.25, -0.2) is 13.2 Å². The van der Waals surface area contributed by atoms with E-state index in [0.29, 0.717) is 25.0 Å². The minimum Gasteiger partial charge on any atom is -0.391 e. The van der Waals surface area contributed by atoms with Gasteiger partial charge in [0.15, 0.2) is 11.6 Å². The second kappa shape index (κ2) is 5.32. The van der Waals surface area contributed by atoms with Gasteiger partial charge < -0.3 is 10.8 Å². The Kier molecular flexibility index (Phi) is 4.32. The number of hydrogen-bond acceptors (Lipinski definition) is 2. The molecule has 1 aromatic rings. The molecule has 0 saturated heterocycles. The van der Waals surface area contributed by atoms with Crippen molar-refractivity contribution in [2.45, 2.75) is 31.9 Å². The fourth-order valence-electron chi connectivity index (χ4n) is 1.48. The van der Waals surface area contributed by atoms with Gasteiger partial charge in [-0.3, -0.25) is 0 Å². The van der Waals surface area contributed by atoms with Gasteiger partial charge in [0, 0.05) is 11.6 Å². The maximum Gasteiger partial charge on any atom is 0.161 e. The van der Waals surface area contributed by atoms with Gasteiger partial charge >= 0.3 is 0 Å². The van der Waals surface area contributed by atoms with Crippen molar-refractivity contribution in [3.8, 4) is 0 Å². The number of aliphatic hydroxyl groups is 1. The Morgan fingerprint density at radius 1 is 1.19 bits per heavy atom. The Balaban J connectivity index is 2.99. The Hall–Kier alpha value is -1.07. The van der Waals surface area contributed by atoms with E-state index in [2.05, 4.69) is 0 Å². The van der Waals surface area contributed by atoms with Gasteiger partial charge in [-0.15, -0.1) is 0 Å². The average molecular weight is 233 g/mol. The summed E-state index contributed by atoms with van der Waals surface area (Å²) in [5, 5.41) is 9.55. The Labute approximate surface area is 91.9 Å². The van der Waals surface area contributed by atoms with Gasteiger partial charge in [0.2, 0.25) is 0 Å². The first-order valence-electron chi connectivity index (χ1n) is 5.05. The standard InChI is InChI=1S/C11H14F3NO/c1-2-3-10(16)11(15)6-4-8(13)9(14)5-7(6)12/h4-5,10-11,16H,2-3,15H2,1H3/t10-,11+/m0/s1. The molecule has 2 atom stereocenters. The van der Waals surface area contributed by atoms with Crippen LogP contribution < -0.4 is 5.73 Å². The third kappa shape index (κ3) is 2.74. The first-order valence-corrected chi connectivity index (χ1v) is 5.05. The molecule has 0 aliphatic carbocycles. The van der Waals surface area contributed by atoms with E-state index in [1.807, 2.05) is 6.92 Å². The van der Waals surface area contributed by atoms with Crippen LogP contribution in [0.1, 0.15) is 31.4 Å². The van der Waals surface area contributed by atoms with Crippen LogP contribution in [0.25, 0.3) is 0 Å². The quantitative estimate of drug-likeness (QED) is 0.783. The number of hydrogen-bond donors (Lipinski definition) is 2. The van der Waals surface area contributed by atoms with Crippen molar-refractivity contribution in [1.82, 2.24) is 0 Å². The molecule has 0 spiro atoms. The summed E-state index contributed by atoms with van der Waals surface area (Å²) in [5.41, 5.74) is 5.36. The van der Waals surface area contributed by atoms with E-state index in [1.165, 1.54) is 0 Å². The third-order valence-corrected chi connectivity index (χ3v) is 2.40. The predicted molar refractivity (Wildman–Crippen MR) is 54.2 cm³/mol. The lowest BCUT2D eigenvalue weighted by Crippen LogP contribution is -2.27. The van der Waals surface area contributed by atoms with Crippen molar-refractivity contribution < 1.29 is 18.3 Å². The fraction of sp³-hybridized carbons (Fsp3) is 0.455. The topological polar surface area (TPSA) is 46.2 Å². The lowest BCUT2D eigenvalue weighted by Gasteiger charge is -2.19. The van der Waals surface area contributed by atoms with Crippen molar-refractivity contribution in [2.75, 3.05) is 0 Å². The van der Waals surface area contributed by atoms with Crippen molar-refractivity contribution in [1.29, 1.82) is 0 Å². The maximum absolute atomic E-state index is 13.3. The van der Waals surface area contributed by atoms with Crippen LogP contribution in [0.4, 0.5) is 13.2 Å². The minimum atomic E-state index is -1.27. The van der Waals surface area contributed by atoms with Gasteiger partial charge in [-0.2, -0.15) is 0 Å². The first kappa shape index (κ1) is 13.0. The molecular weight excluding hydrogens is 219 g/mol. The van der Waals surface area contributed by atoms with Crippen molar-refractivity contribution in [2.24, 2.45) is 5.73 Å². The van der Waals surface area contributed by atoms with Crippen LogP contribution in [0.15, 0.2) is 12.1 Å². The molecule has 0 fully saturated rings. The Morgan fingerprint density at radius 3 is 2.31 bits per heavy atom. The average Bonchev–Trinajstić information content (AvgIpc) is 2.23. The Morgan fingerprint density at radius 2 is 1.75 bits per heavy atom. The second-order valence-electron chi connectivity index (χ2n) is 3.67. The fourth-order valence-corrected chi connectivity index (χ4v) is 1.48. The highest BCUT2D eigenvalue weighted by molar-refractivity contribution is 5.24. The summed E-state index contributed by atoms with van der Waals surface area (Å²) >= 11 is 0. The maximum atomic E-state index is 13.3. The van der Waals surface area contributed by atoms with Crippen LogP contribution >= 0.6 is 0 Å². The zero-order valence-corrected chi connectivity index (χ0v) is 8.88. The second-order valence-corrected chi connectivity index (χ2v) is 3.67. The van der Waals surface area contributed by atoms with Crippen LogP contribution in [0.3, 0.4) is 0 Å². The molecule has 3 N–H and O–H groups in total. The Bertz CT molecular complexity index is 370. The van der Waals surface area contributed by atoms with E-state index in [1.54, 1.807) is 0 Å². The SMILES string of the molecule is CCC[C@H](O)[C@H](N)c1cc(F)c(F)cc1F. The van der Waals surface area contributed by atoms with E-state index >= 15 is 0 Å². The normalized spacial score (nSPS) is 14.9. The molecular formula is C11H14F3NO. The molecule has 0 heterocycles. The van der Waals surface area contributed by atoms with Gasteiger partial charge in [-0.05, 0) is 12.5 Å². The van der Waals surface area contributed by atoms with E-state index in [0.717, 1.165) is 0 Å². The van der Waals surface area contributed by atoms with Crippen LogP contribution in [-0.4, -0.2) is 11.2 Å². The molecule has 2 nitrogen and oxygen atoms in total. The number of benzene rings is 1. The summed E-state index contributed by atoms with van der Waals surface area (Å²) in [7, 11) is 0. The van der Waals surface area contributed by atoms with Crippen LogP contribution in [0.2, 0.25) is 0 Å².